The summed E-state index contributed by atoms with van der Waals surface area (Å²) >= 11 is 0. The molecule has 1 unspecified atom stereocenters. The molecular formula is C14H18N2O. The zero-order valence-electron chi connectivity index (χ0n) is 10.1. The average Bonchev–Trinajstić information content (AvgIpc) is 3.18. The molecule has 0 aromatic heterocycles. The monoisotopic (exact) mass is 230 g/mol. The molecule has 0 heterocycles. The highest BCUT2D eigenvalue weighted by atomic mass is 16.5. The van der Waals surface area contributed by atoms with Crippen LogP contribution in [0, 0.1) is 11.3 Å². The molecule has 3 heteroatoms. The van der Waals surface area contributed by atoms with Crippen LogP contribution in [0.1, 0.15) is 37.8 Å². The van der Waals surface area contributed by atoms with Crippen molar-refractivity contribution in [3.63, 3.8) is 0 Å². The lowest BCUT2D eigenvalue weighted by atomic mass is 10.1. The van der Waals surface area contributed by atoms with Gasteiger partial charge in [-0.25, -0.2) is 0 Å². The van der Waals surface area contributed by atoms with Gasteiger partial charge in [0.25, 0.3) is 0 Å². The van der Waals surface area contributed by atoms with Crippen molar-refractivity contribution in [1.82, 2.24) is 5.32 Å². The van der Waals surface area contributed by atoms with E-state index in [1.807, 2.05) is 24.3 Å². The van der Waals surface area contributed by atoms with E-state index in [0.29, 0.717) is 6.04 Å². The average molecular weight is 230 g/mol. The van der Waals surface area contributed by atoms with Gasteiger partial charge in [0, 0.05) is 6.04 Å². The third kappa shape index (κ3) is 3.47. The van der Waals surface area contributed by atoms with Gasteiger partial charge in [-0.15, -0.1) is 0 Å². The van der Waals surface area contributed by atoms with E-state index < -0.39 is 0 Å². The van der Waals surface area contributed by atoms with Crippen LogP contribution in [0.25, 0.3) is 0 Å². The minimum atomic E-state index is -0.192. The number of ether oxygens (including phenoxy) is 1. The molecule has 0 spiro atoms. The van der Waals surface area contributed by atoms with E-state index in [-0.39, 0.29) is 6.04 Å². The molecule has 2 rings (SSSR count). The largest absolute Gasteiger partial charge is 0.494 e. The highest BCUT2D eigenvalue weighted by molar-refractivity contribution is 5.31. The molecule has 0 bridgehead atoms. The Labute approximate surface area is 102 Å². The van der Waals surface area contributed by atoms with Gasteiger partial charge < -0.3 is 4.74 Å². The molecule has 1 fully saturated rings. The van der Waals surface area contributed by atoms with E-state index >= 15 is 0 Å². The first-order chi connectivity index (χ1) is 8.33. The first-order valence-corrected chi connectivity index (χ1v) is 6.22. The third-order valence-corrected chi connectivity index (χ3v) is 2.80. The van der Waals surface area contributed by atoms with Crippen molar-refractivity contribution in [2.75, 3.05) is 6.61 Å². The van der Waals surface area contributed by atoms with Crippen molar-refractivity contribution in [2.45, 2.75) is 38.3 Å². The van der Waals surface area contributed by atoms with Gasteiger partial charge in [-0.1, -0.05) is 19.1 Å². The molecule has 90 valence electrons. The molecule has 1 atom stereocenters. The maximum absolute atomic E-state index is 9.12. The van der Waals surface area contributed by atoms with Crippen molar-refractivity contribution in [3.05, 3.63) is 29.8 Å². The highest BCUT2D eigenvalue weighted by Gasteiger charge is 2.25. The molecule has 1 aliphatic carbocycles. The Balaban J connectivity index is 1.97. The molecule has 1 aromatic rings. The Morgan fingerprint density at radius 1 is 1.41 bits per heavy atom. The first-order valence-electron chi connectivity index (χ1n) is 6.22. The summed E-state index contributed by atoms with van der Waals surface area (Å²) in [6.07, 6.45) is 3.39. The fourth-order valence-electron chi connectivity index (χ4n) is 1.67. The maximum Gasteiger partial charge on any atom is 0.121 e. The van der Waals surface area contributed by atoms with E-state index in [0.717, 1.165) is 24.3 Å². The fraction of sp³-hybridized carbons (Fsp3) is 0.500. The van der Waals surface area contributed by atoms with Crippen LogP contribution < -0.4 is 10.1 Å². The van der Waals surface area contributed by atoms with Crippen LogP contribution >= 0.6 is 0 Å². The molecular weight excluding hydrogens is 212 g/mol. The summed E-state index contributed by atoms with van der Waals surface area (Å²) in [6.45, 7) is 2.82. The van der Waals surface area contributed by atoms with Crippen LogP contribution in [0.2, 0.25) is 0 Å². The van der Waals surface area contributed by atoms with Crippen molar-refractivity contribution in [2.24, 2.45) is 0 Å². The standard InChI is InChI=1S/C14H18N2O/c1-2-9-17-13-7-3-11(4-8-13)14(10-15)16-12-5-6-12/h3-4,7-8,12,14,16H,2,5-6,9H2,1H3. The summed E-state index contributed by atoms with van der Waals surface area (Å²) < 4.78 is 5.51. The van der Waals surface area contributed by atoms with Crippen LogP contribution in [0.15, 0.2) is 24.3 Å². The highest BCUT2D eigenvalue weighted by Crippen LogP contribution is 2.24. The second-order valence-corrected chi connectivity index (χ2v) is 4.42. The molecule has 0 amide bonds. The lowest BCUT2D eigenvalue weighted by molar-refractivity contribution is 0.317. The number of hydrogen-bond donors (Lipinski definition) is 1. The Hall–Kier alpha value is -1.53. The van der Waals surface area contributed by atoms with Crippen molar-refractivity contribution < 1.29 is 4.74 Å². The summed E-state index contributed by atoms with van der Waals surface area (Å²) in [4.78, 5) is 0. The fourth-order valence-corrected chi connectivity index (χ4v) is 1.67. The Bertz CT molecular complexity index is 390. The number of hydrogen-bond acceptors (Lipinski definition) is 3. The van der Waals surface area contributed by atoms with Gasteiger partial charge in [0.05, 0.1) is 12.7 Å². The minimum Gasteiger partial charge on any atom is -0.494 e. The topological polar surface area (TPSA) is 45.0 Å². The van der Waals surface area contributed by atoms with Crippen LogP contribution in [0.4, 0.5) is 0 Å². The van der Waals surface area contributed by atoms with E-state index in [4.69, 9.17) is 10.00 Å². The number of benzene rings is 1. The summed E-state index contributed by atoms with van der Waals surface area (Å²) in [7, 11) is 0. The van der Waals surface area contributed by atoms with Crippen molar-refractivity contribution >= 4 is 0 Å². The number of rotatable bonds is 6. The van der Waals surface area contributed by atoms with E-state index in [1.54, 1.807) is 0 Å². The van der Waals surface area contributed by atoms with Gasteiger partial charge in [-0.3, -0.25) is 5.32 Å². The van der Waals surface area contributed by atoms with Crippen LogP contribution in [0.3, 0.4) is 0 Å². The zero-order chi connectivity index (χ0) is 12.1. The maximum atomic E-state index is 9.12. The van der Waals surface area contributed by atoms with E-state index in [1.165, 1.54) is 12.8 Å². The van der Waals surface area contributed by atoms with Gasteiger partial charge in [0.2, 0.25) is 0 Å². The van der Waals surface area contributed by atoms with Gasteiger partial charge in [-0.2, -0.15) is 5.26 Å². The Kier molecular flexibility index (Phi) is 4.00. The number of nitriles is 1. The molecule has 1 aliphatic rings. The smallest absolute Gasteiger partial charge is 0.121 e. The van der Waals surface area contributed by atoms with Gasteiger partial charge in [0.15, 0.2) is 0 Å². The predicted octanol–water partition coefficient (Wildman–Crippen LogP) is 2.79. The van der Waals surface area contributed by atoms with Gasteiger partial charge in [0.1, 0.15) is 11.8 Å². The Morgan fingerprint density at radius 2 is 2.12 bits per heavy atom. The molecule has 1 aromatic carbocycles. The second kappa shape index (κ2) is 5.70. The van der Waals surface area contributed by atoms with Crippen molar-refractivity contribution in [1.29, 1.82) is 5.26 Å². The molecule has 0 aliphatic heterocycles. The number of nitrogens with one attached hydrogen (secondary N) is 1. The first kappa shape index (κ1) is 11.9. The normalized spacial score (nSPS) is 16.2. The van der Waals surface area contributed by atoms with Gasteiger partial charge in [-0.05, 0) is 37.0 Å². The van der Waals surface area contributed by atoms with Crippen LogP contribution in [-0.2, 0) is 0 Å². The molecule has 17 heavy (non-hydrogen) atoms. The summed E-state index contributed by atoms with van der Waals surface area (Å²) in [6, 6.07) is 10.4. The minimum absolute atomic E-state index is 0.192. The summed E-state index contributed by atoms with van der Waals surface area (Å²) in [5, 5.41) is 12.4. The quantitative estimate of drug-likeness (QED) is 0.817. The van der Waals surface area contributed by atoms with Crippen molar-refractivity contribution in [3.8, 4) is 11.8 Å². The molecule has 1 N–H and O–H groups in total. The van der Waals surface area contributed by atoms with Gasteiger partial charge >= 0.3 is 0 Å². The van der Waals surface area contributed by atoms with Crippen LogP contribution in [0.5, 0.6) is 5.75 Å². The summed E-state index contributed by atoms with van der Waals surface area (Å²) in [5.41, 5.74) is 1.02. The Morgan fingerprint density at radius 3 is 2.65 bits per heavy atom. The van der Waals surface area contributed by atoms with E-state index in [9.17, 15) is 0 Å². The molecule has 3 nitrogen and oxygen atoms in total. The summed E-state index contributed by atoms with van der Waals surface area (Å²) in [5.74, 6) is 0.874. The second-order valence-electron chi connectivity index (χ2n) is 4.42. The predicted molar refractivity (Wildman–Crippen MR) is 66.7 cm³/mol. The third-order valence-electron chi connectivity index (χ3n) is 2.80. The lowest BCUT2D eigenvalue weighted by Crippen LogP contribution is -2.21. The molecule has 1 saturated carbocycles. The molecule has 0 saturated heterocycles. The SMILES string of the molecule is CCCOc1ccc(C(C#N)NC2CC2)cc1. The van der Waals surface area contributed by atoms with E-state index in [2.05, 4.69) is 18.3 Å². The molecule has 0 radical (unpaired) electrons. The zero-order valence-corrected chi connectivity index (χ0v) is 10.1. The lowest BCUT2D eigenvalue weighted by Gasteiger charge is -2.12. The van der Waals surface area contributed by atoms with Crippen LogP contribution in [-0.4, -0.2) is 12.6 Å². The number of nitrogens with zero attached hydrogens (tertiary/aromatic N) is 1.